The first-order valence-electron chi connectivity index (χ1n) is 13.1. The van der Waals surface area contributed by atoms with Crippen LogP contribution >= 0.6 is 0 Å². The summed E-state index contributed by atoms with van der Waals surface area (Å²) in [5.41, 5.74) is 13.8. The van der Waals surface area contributed by atoms with E-state index in [1.165, 1.54) is 6.07 Å². The van der Waals surface area contributed by atoms with Gasteiger partial charge in [-0.05, 0) is 60.9 Å². The summed E-state index contributed by atoms with van der Waals surface area (Å²) in [6.07, 6.45) is 6.20. The van der Waals surface area contributed by atoms with E-state index >= 15 is 0 Å². The number of carboxylic acid groups (broad SMARTS) is 2. The Kier molecular flexibility index (Phi) is 8.07. The lowest BCUT2D eigenvalue weighted by atomic mass is 9.93. The Morgan fingerprint density at radius 3 is 2.62 bits per heavy atom. The van der Waals surface area contributed by atoms with Crippen LogP contribution in [-0.4, -0.2) is 48.0 Å². The van der Waals surface area contributed by atoms with Crippen LogP contribution in [0.25, 0.3) is 38.8 Å². The van der Waals surface area contributed by atoms with Crippen LogP contribution in [-0.2, 0) is 17.6 Å². The molecular formula is C32H28FN5O4. The Balaban J connectivity index is 0.00000113. The smallest absolute Gasteiger partial charge is 0.372 e. The van der Waals surface area contributed by atoms with Gasteiger partial charge in [-0.1, -0.05) is 30.3 Å². The van der Waals surface area contributed by atoms with Crippen LogP contribution in [0.1, 0.15) is 27.4 Å². The fourth-order valence-corrected chi connectivity index (χ4v) is 5.30. The van der Waals surface area contributed by atoms with E-state index in [1.54, 1.807) is 35.9 Å². The molecule has 6 rings (SSSR count). The second-order valence-electron chi connectivity index (χ2n) is 9.84. The molecule has 42 heavy (non-hydrogen) atoms. The average molecular weight is 566 g/mol. The normalized spacial score (nSPS) is 11.7. The number of aromatic carboxylic acids is 1. The molecule has 6 aromatic rings. The first-order valence-corrected chi connectivity index (χ1v) is 13.1. The van der Waals surface area contributed by atoms with Crippen molar-refractivity contribution in [2.24, 2.45) is 5.73 Å². The number of carbonyl (C=O) groups is 2. The van der Waals surface area contributed by atoms with Gasteiger partial charge in [-0.15, -0.1) is 0 Å². The number of nitrogens with two attached hydrogens (primary N) is 1. The van der Waals surface area contributed by atoms with Crippen molar-refractivity contribution < 1.29 is 24.2 Å². The van der Waals surface area contributed by atoms with Crippen LogP contribution in [0, 0.1) is 12.7 Å². The number of imidazole rings is 1. The Morgan fingerprint density at radius 2 is 1.86 bits per heavy atom. The fraction of sp³-hybridized carbons (Fsp3) is 0.125. The minimum atomic E-state index is -1.13. The summed E-state index contributed by atoms with van der Waals surface area (Å²) >= 11 is 0. The average Bonchev–Trinajstić information content (AvgIpc) is 3.60. The Labute approximate surface area is 240 Å². The van der Waals surface area contributed by atoms with Gasteiger partial charge in [0.15, 0.2) is 0 Å². The molecule has 0 amide bonds. The van der Waals surface area contributed by atoms with Gasteiger partial charge >= 0.3 is 5.97 Å². The van der Waals surface area contributed by atoms with Crippen molar-refractivity contribution in [2.75, 3.05) is 0 Å². The zero-order valence-corrected chi connectivity index (χ0v) is 22.7. The molecule has 0 saturated heterocycles. The Morgan fingerprint density at radius 1 is 1.07 bits per heavy atom. The van der Waals surface area contributed by atoms with Crippen molar-refractivity contribution in [3.63, 3.8) is 0 Å². The van der Waals surface area contributed by atoms with Crippen LogP contribution in [0.15, 0.2) is 85.3 Å². The number of pyridine rings is 2. The number of aromatic nitrogens is 4. The van der Waals surface area contributed by atoms with Gasteiger partial charge in [-0.2, -0.15) is 0 Å². The van der Waals surface area contributed by atoms with Crippen molar-refractivity contribution >= 4 is 28.9 Å². The van der Waals surface area contributed by atoms with Gasteiger partial charge in [0.2, 0.25) is 5.82 Å². The predicted molar refractivity (Wildman–Crippen MR) is 158 cm³/mol. The minimum Gasteiger partial charge on any atom is -0.483 e. The van der Waals surface area contributed by atoms with Gasteiger partial charge in [0, 0.05) is 58.1 Å². The van der Waals surface area contributed by atoms with E-state index in [1.807, 2.05) is 48.7 Å². The molecule has 1 atom stereocenters. The molecule has 1 unspecified atom stereocenters. The Hall–Kier alpha value is -5.35. The minimum absolute atomic E-state index is 0.0794. The van der Waals surface area contributed by atoms with Crippen LogP contribution in [0.5, 0.6) is 0 Å². The molecule has 4 heterocycles. The summed E-state index contributed by atoms with van der Waals surface area (Å²) in [4.78, 5) is 32.6. The fourth-order valence-electron chi connectivity index (χ4n) is 5.30. The van der Waals surface area contributed by atoms with Crippen molar-refractivity contribution in [2.45, 2.75) is 25.8 Å². The highest BCUT2D eigenvalue weighted by atomic mass is 19.1. The molecule has 0 aliphatic rings. The van der Waals surface area contributed by atoms with Gasteiger partial charge in [-0.3, -0.25) is 14.2 Å². The molecule has 0 aliphatic heterocycles. The molecule has 0 bridgehead atoms. The van der Waals surface area contributed by atoms with Gasteiger partial charge in [0.1, 0.15) is 5.82 Å². The number of benzene rings is 2. The number of aromatic amines is 1. The summed E-state index contributed by atoms with van der Waals surface area (Å²) in [5, 5.41) is 17.9. The van der Waals surface area contributed by atoms with Crippen LogP contribution in [0.2, 0.25) is 0 Å². The molecule has 0 fully saturated rings. The second-order valence-corrected chi connectivity index (χ2v) is 9.84. The van der Waals surface area contributed by atoms with Gasteiger partial charge in [0.25, 0.3) is 6.47 Å². The largest absolute Gasteiger partial charge is 0.483 e. The molecule has 2 aromatic carbocycles. The van der Waals surface area contributed by atoms with Crippen LogP contribution in [0.4, 0.5) is 4.39 Å². The third kappa shape index (κ3) is 5.48. The molecule has 4 aromatic heterocycles. The molecule has 212 valence electrons. The molecule has 0 spiro atoms. The van der Waals surface area contributed by atoms with Gasteiger partial charge in [0.05, 0.1) is 17.4 Å². The first-order chi connectivity index (χ1) is 20.3. The van der Waals surface area contributed by atoms with Crippen LogP contribution < -0.4 is 5.73 Å². The van der Waals surface area contributed by atoms with E-state index in [2.05, 4.69) is 21.0 Å². The lowest BCUT2D eigenvalue weighted by Crippen LogP contribution is -2.27. The highest BCUT2D eigenvalue weighted by molar-refractivity contribution is 5.87. The summed E-state index contributed by atoms with van der Waals surface area (Å²) in [5.74, 6) is -1.49. The molecule has 10 heteroatoms. The first kappa shape index (κ1) is 28.2. The van der Waals surface area contributed by atoms with Gasteiger partial charge < -0.3 is 20.9 Å². The van der Waals surface area contributed by atoms with E-state index in [9.17, 15) is 14.3 Å². The zero-order valence-electron chi connectivity index (χ0n) is 22.7. The number of H-pyrrole nitrogens is 1. The summed E-state index contributed by atoms with van der Waals surface area (Å²) < 4.78 is 15.7. The van der Waals surface area contributed by atoms with Crippen molar-refractivity contribution in [1.29, 1.82) is 0 Å². The molecule has 5 N–H and O–H groups in total. The number of hydrogen-bond donors (Lipinski definition) is 4. The summed E-state index contributed by atoms with van der Waals surface area (Å²) in [6, 6.07) is 20.2. The quantitative estimate of drug-likeness (QED) is 0.187. The monoisotopic (exact) mass is 565 g/mol. The number of fused-ring (bicyclic) bond motifs is 2. The number of halogens is 1. The third-order valence-electron chi connectivity index (χ3n) is 7.12. The predicted octanol–water partition coefficient (Wildman–Crippen LogP) is 5.50. The van der Waals surface area contributed by atoms with E-state index in [-0.39, 0.29) is 24.2 Å². The number of para-hydroxylation sites is 1. The standard InChI is InChI=1S/C31H26FN5O2.CH2O2/c1-18-13-19(8-11-26(18)32)29-25(6-4-12-34-29)24-10-9-22-17-36-30(31(38)39)37(22)28(24)15-21(33)14-20-16-35-27-7-3-2-5-23(20)27;2-1-3/h2-13,16-17,21,35H,14-15,33H2,1H3,(H,38,39);1H,(H,2,3). The molecule has 0 radical (unpaired) electrons. The van der Waals surface area contributed by atoms with E-state index in [0.29, 0.717) is 29.6 Å². The highest BCUT2D eigenvalue weighted by Gasteiger charge is 2.22. The maximum Gasteiger partial charge on any atom is 0.372 e. The SMILES string of the molecule is Cc1cc(-c2ncccc2-c2ccc3cnc(C(=O)O)n3c2CC(N)Cc2c[nH]c3ccccc23)ccc1F.O=CO. The zero-order chi connectivity index (χ0) is 29.8. The third-order valence-corrected chi connectivity index (χ3v) is 7.12. The molecule has 0 saturated carbocycles. The lowest BCUT2D eigenvalue weighted by Gasteiger charge is -2.19. The maximum atomic E-state index is 14.1. The lowest BCUT2D eigenvalue weighted by molar-refractivity contribution is -0.122. The van der Waals surface area contributed by atoms with E-state index in [0.717, 1.165) is 38.9 Å². The topological polar surface area (TPSA) is 147 Å². The molecule has 0 aliphatic carbocycles. The molecular weight excluding hydrogens is 537 g/mol. The summed E-state index contributed by atoms with van der Waals surface area (Å²) in [6.45, 7) is 1.47. The molecule has 9 nitrogen and oxygen atoms in total. The van der Waals surface area contributed by atoms with E-state index < -0.39 is 5.97 Å². The number of rotatable bonds is 7. The summed E-state index contributed by atoms with van der Waals surface area (Å²) in [7, 11) is 0. The van der Waals surface area contributed by atoms with Crippen LogP contribution in [0.3, 0.4) is 0 Å². The number of aryl methyl sites for hydroxylation is 1. The highest BCUT2D eigenvalue weighted by Crippen LogP contribution is 2.35. The van der Waals surface area contributed by atoms with Gasteiger partial charge in [-0.25, -0.2) is 14.2 Å². The number of hydrogen-bond acceptors (Lipinski definition) is 5. The number of nitrogens with one attached hydrogen (secondary N) is 1. The van der Waals surface area contributed by atoms with Crippen molar-refractivity contribution in [1.82, 2.24) is 19.4 Å². The second kappa shape index (κ2) is 12.0. The van der Waals surface area contributed by atoms with Crippen molar-refractivity contribution in [3.05, 3.63) is 114 Å². The number of nitrogens with zero attached hydrogens (tertiary/aromatic N) is 3. The maximum absolute atomic E-state index is 14.1. The number of carboxylic acids is 1. The van der Waals surface area contributed by atoms with E-state index in [4.69, 9.17) is 15.6 Å². The Bertz CT molecular complexity index is 1910. The van der Waals surface area contributed by atoms with Crippen molar-refractivity contribution in [3.8, 4) is 22.4 Å².